The molecular formula is C14H35NSi2. The van der Waals surface area contributed by atoms with Crippen molar-refractivity contribution in [1.82, 2.24) is 5.32 Å². The molecule has 2 unspecified atom stereocenters. The third kappa shape index (κ3) is 10.0. The zero-order valence-corrected chi connectivity index (χ0v) is 15.5. The molecule has 104 valence electrons. The first-order valence-corrected chi connectivity index (χ1v) is 14.7. The molecule has 2 atom stereocenters. The molecule has 0 aromatic carbocycles. The van der Waals surface area contributed by atoms with E-state index < -0.39 is 16.1 Å². The van der Waals surface area contributed by atoms with Crippen LogP contribution >= 0.6 is 0 Å². The lowest BCUT2D eigenvalue weighted by molar-refractivity contribution is 0.443. The van der Waals surface area contributed by atoms with Gasteiger partial charge in [0, 0.05) is 28.2 Å². The predicted molar refractivity (Wildman–Crippen MR) is 87.6 cm³/mol. The van der Waals surface area contributed by atoms with Gasteiger partial charge in [0.1, 0.15) is 0 Å². The predicted octanol–water partition coefficient (Wildman–Crippen LogP) is 4.81. The standard InChI is InChI=1S/C14H35NSi2/c1-9-13(11-16(3,4)5)15-14(10-2)12-17(6,7)8/h13-15H,9-12H2,1-8H3. The molecule has 0 radical (unpaired) electrons. The van der Waals surface area contributed by atoms with Gasteiger partial charge in [0.15, 0.2) is 0 Å². The van der Waals surface area contributed by atoms with Gasteiger partial charge in [-0.1, -0.05) is 53.1 Å². The minimum Gasteiger partial charge on any atom is -0.312 e. The van der Waals surface area contributed by atoms with Gasteiger partial charge in [0.05, 0.1) is 0 Å². The molecule has 0 aromatic heterocycles. The van der Waals surface area contributed by atoms with E-state index in [-0.39, 0.29) is 0 Å². The van der Waals surface area contributed by atoms with Crippen molar-refractivity contribution in [3.63, 3.8) is 0 Å². The molecule has 1 nitrogen and oxygen atoms in total. The van der Waals surface area contributed by atoms with Crippen LogP contribution in [-0.4, -0.2) is 28.2 Å². The van der Waals surface area contributed by atoms with Crippen molar-refractivity contribution >= 4 is 16.1 Å². The number of hydrogen-bond donors (Lipinski definition) is 1. The van der Waals surface area contributed by atoms with Gasteiger partial charge in [-0.15, -0.1) is 0 Å². The zero-order chi connectivity index (χ0) is 13.7. The highest BCUT2D eigenvalue weighted by Gasteiger charge is 2.24. The van der Waals surface area contributed by atoms with Crippen LogP contribution in [-0.2, 0) is 0 Å². The summed E-state index contributed by atoms with van der Waals surface area (Å²) in [6, 6.07) is 4.35. The average molecular weight is 274 g/mol. The van der Waals surface area contributed by atoms with Gasteiger partial charge in [-0.25, -0.2) is 0 Å². The largest absolute Gasteiger partial charge is 0.312 e. The maximum absolute atomic E-state index is 3.94. The van der Waals surface area contributed by atoms with Gasteiger partial charge in [-0.05, 0) is 24.9 Å². The van der Waals surface area contributed by atoms with Gasteiger partial charge in [0.2, 0.25) is 0 Å². The minimum atomic E-state index is -0.931. The lowest BCUT2D eigenvalue weighted by atomic mass is 10.2. The molecule has 0 aliphatic rings. The second kappa shape index (κ2) is 7.10. The summed E-state index contributed by atoms with van der Waals surface area (Å²) >= 11 is 0. The molecule has 0 heterocycles. The Morgan fingerprint density at radius 3 is 1.18 bits per heavy atom. The minimum absolute atomic E-state index is 0.753. The highest BCUT2D eigenvalue weighted by Crippen LogP contribution is 2.18. The summed E-state index contributed by atoms with van der Waals surface area (Å²) in [5.74, 6) is 0. The Balaban J connectivity index is 4.32. The van der Waals surface area contributed by atoms with Crippen molar-refractivity contribution in [2.75, 3.05) is 0 Å². The van der Waals surface area contributed by atoms with Crippen LogP contribution in [0.2, 0.25) is 51.4 Å². The summed E-state index contributed by atoms with van der Waals surface area (Å²) in [7, 11) is -1.86. The summed E-state index contributed by atoms with van der Waals surface area (Å²) in [5, 5.41) is 3.94. The molecule has 0 bridgehead atoms. The topological polar surface area (TPSA) is 12.0 Å². The second-order valence-corrected chi connectivity index (χ2v) is 19.0. The second-order valence-electron chi connectivity index (χ2n) is 7.91. The van der Waals surface area contributed by atoms with Crippen LogP contribution < -0.4 is 5.32 Å². The van der Waals surface area contributed by atoms with Crippen molar-refractivity contribution in [3.8, 4) is 0 Å². The van der Waals surface area contributed by atoms with Crippen molar-refractivity contribution in [2.24, 2.45) is 0 Å². The highest BCUT2D eigenvalue weighted by atomic mass is 28.3. The molecule has 1 N–H and O–H groups in total. The highest BCUT2D eigenvalue weighted by molar-refractivity contribution is 6.76. The van der Waals surface area contributed by atoms with Gasteiger partial charge < -0.3 is 5.32 Å². The summed E-state index contributed by atoms with van der Waals surface area (Å²) in [4.78, 5) is 0. The Labute approximate surface area is 112 Å². The Morgan fingerprint density at radius 2 is 1.00 bits per heavy atom. The molecule has 3 heteroatoms. The van der Waals surface area contributed by atoms with Gasteiger partial charge in [-0.3, -0.25) is 0 Å². The van der Waals surface area contributed by atoms with E-state index >= 15 is 0 Å². The molecule has 0 amide bonds. The Kier molecular flexibility index (Phi) is 7.26. The Bertz CT molecular complexity index is 181. The van der Waals surface area contributed by atoms with Crippen molar-refractivity contribution in [2.45, 2.75) is 90.1 Å². The monoisotopic (exact) mass is 273 g/mol. The summed E-state index contributed by atoms with van der Waals surface area (Å²) in [6.45, 7) is 19.6. The summed E-state index contributed by atoms with van der Waals surface area (Å²) < 4.78 is 0. The fraction of sp³-hybridized carbons (Fsp3) is 1.00. The van der Waals surface area contributed by atoms with Crippen LogP contribution in [0.15, 0.2) is 0 Å². The molecule has 0 aromatic rings. The lowest BCUT2D eigenvalue weighted by Gasteiger charge is -2.31. The molecule has 0 aliphatic heterocycles. The summed E-state index contributed by atoms with van der Waals surface area (Å²) in [5.41, 5.74) is 0. The Hall–Kier alpha value is 0.394. The molecule has 0 fully saturated rings. The van der Waals surface area contributed by atoms with Crippen LogP contribution in [0.3, 0.4) is 0 Å². The normalized spacial score (nSPS) is 16.9. The van der Waals surface area contributed by atoms with Gasteiger partial charge >= 0.3 is 0 Å². The first kappa shape index (κ1) is 17.4. The fourth-order valence-electron chi connectivity index (χ4n) is 2.45. The SMILES string of the molecule is CCC(C[Si](C)(C)C)NC(CC)C[Si](C)(C)C. The lowest BCUT2D eigenvalue weighted by Crippen LogP contribution is -2.44. The molecule has 0 saturated carbocycles. The molecular weight excluding hydrogens is 238 g/mol. The van der Waals surface area contributed by atoms with E-state index in [4.69, 9.17) is 0 Å². The first-order valence-electron chi connectivity index (χ1n) is 7.33. The van der Waals surface area contributed by atoms with Crippen molar-refractivity contribution in [3.05, 3.63) is 0 Å². The molecule has 0 spiro atoms. The smallest absolute Gasteiger partial charge is 0.0458 e. The average Bonchev–Trinajstić information content (AvgIpc) is 2.11. The van der Waals surface area contributed by atoms with Crippen LogP contribution in [0.5, 0.6) is 0 Å². The van der Waals surface area contributed by atoms with E-state index in [1.807, 2.05) is 0 Å². The van der Waals surface area contributed by atoms with Gasteiger partial charge in [0.25, 0.3) is 0 Å². The van der Waals surface area contributed by atoms with Crippen LogP contribution in [0.25, 0.3) is 0 Å². The number of nitrogens with one attached hydrogen (secondary N) is 1. The van der Waals surface area contributed by atoms with E-state index in [0.717, 1.165) is 12.1 Å². The van der Waals surface area contributed by atoms with Crippen molar-refractivity contribution < 1.29 is 0 Å². The number of hydrogen-bond acceptors (Lipinski definition) is 1. The summed E-state index contributed by atoms with van der Waals surface area (Å²) in [6.07, 6.45) is 2.57. The van der Waals surface area contributed by atoms with E-state index in [0.29, 0.717) is 0 Å². The quantitative estimate of drug-likeness (QED) is 0.626. The Morgan fingerprint density at radius 1 is 0.706 bits per heavy atom. The van der Waals surface area contributed by atoms with E-state index in [2.05, 4.69) is 58.4 Å². The third-order valence-electron chi connectivity index (χ3n) is 3.17. The maximum Gasteiger partial charge on any atom is 0.0458 e. The van der Waals surface area contributed by atoms with Crippen LogP contribution in [0, 0.1) is 0 Å². The fourth-order valence-corrected chi connectivity index (χ4v) is 6.22. The van der Waals surface area contributed by atoms with E-state index in [9.17, 15) is 0 Å². The zero-order valence-electron chi connectivity index (χ0n) is 13.5. The maximum atomic E-state index is 3.94. The molecule has 0 saturated heterocycles. The van der Waals surface area contributed by atoms with E-state index in [1.54, 1.807) is 0 Å². The molecule has 17 heavy (non-hydrogen) atoms. The van der Waals surface area contributed by atoms with Crippen LogP contribution in [0.1, 0.15) is 26.7 Å². The van der Waals surface area contributed by atoms with Crippen LogP contribution in [0.4, 0.5) is 0 Å². The molecule has 0 aliphatic carbocycles. The molecule has 0 rings (SSSR count). The third-order valence-corrected chi connectivity index (χ3v) is 6.61. The van der Waals surface area contributed by atoms with Gasteiger partial charge in [-0.2, -0.15) is 0 Å². The van der Waals surface area contributed by atoms with Crippen molar-refractivity contribution in [1.29, 1.82) is 0 Å². The number of rotatable bonds is 8. The van der Waals surface area contributed by atoms with E-state index in [1.165, 1.54) is 24.9 Å². The first-order chi connectivity index (χ1) is 7.57.